The van der Waals surface area contributed by atoms with E-state index in [9.17, 15) is 0 Å². The van der Waals surface area contributed by atoms with Gasteiger partial charge < -0.3 is 10.4 Å². The van der Waals surface area contributed by atoms with Crippen molar-refractivity contribution in [3.8, 4) is 0 Å². The van der Waals surface area contributed by atoms with E-state index in [1.807, 2.05) is 32.0 Å². The standard InChI is InChI=1S/C18H26N4O2/c1-13(15(3)21-23)19-11-18(10-17-8-6-5-7-9-17)12-20-14(2)16(4)22-24/h5-9,18,23-24H,10-12H2,1-4H3/b19-13?,20-14?,21-15+,22-16+. The van der Waals surface area contributed by atoms with Crippen molar-refractivity contribution < 1.29 is 10.4 Å². The van der Waals surface area contributed by atoms with Crippen LogP contribution in [0.1, 0.15) is 33.3 Å². The Kier molecular flexibility index (Phi) is 8.39. The zero-order valence-corrected chi connectivity index (χ0v) is 14.8. The van der Waals surface area contributed by atoms with Crippen LogP contribution in [0.5, 0.6) is 0 Å². The van der Waals surface area contributed by atoms with E-state index in [4.69, 9.17) is 10.4 Å². The van der Waals surface area contributed by atoms with Crippen molar-refractivity contribution in [2.75, 3.05) is 13.1 Å². The minimum absolute atomic E-state index is 0.204. The molecule has 0 aliphatic carbocycles. The highest BCUT2D eigenvalue weighted by Crippen LogP contribution is 2.11. The molecule has 0 radical (unpaired) electrons. The molecule has 0 aliphatic heterocycles. The average Bonchev–Trinajstić information content (AvgIpc) is 2.62. The van der Waals surface area contributed by atoms with E-state index in [1.165, 1.54) is 5.56 Å². The molecule has 6 heteroatoms. The van der Waals surface area contributed by atoms with E-state index < -0.39 is 0 Å². The second-order valence-electron chi connectivity index (χ2n) is 5.78. The predicted octanol–water partition coefficient (Wildman–Crippen LogP) is 3.47. The molecular weight excluding hydrogens is 304 g/mol. The first kappa shape index (κ1) is 19.5. The Morgan fingerprint density at radius 2 is 1.25 bits per heavy atom. The summed E-state index contributed by atoms with van der Waals surface area (Å²) in [5.41, 5.74) is 3.67. The Hall–Kier alpha value is -2.50. The lowest BCUT2D eigenvalue weighted by atomic mass is 9.99. The molecule has 0 bridgehead atoms. The number of benzene rings is 1. The van der Waals surface area contributed by atoms with E-state index in [2.05, 4.69) is 32.4 Å². The Balaban J connectivity index is 2.87. The lowest BCUT2D eigenvalue weighted by molar-refractivity contribution is 0.319. The summed E-state index contributed by atoms with van der Waals surface area (Å²) in [6.45, 7) is 8.25. The van der Waals surface area contributed by atoms with E-state index in [1.54, 1.807) is 13.8 Å². The summed E-state index contributed by atoms with van der Waals surface area (Å²) < 4.78 is 0. The number of hydrogen-bond acceptors (Lipinski definition) is 6. The third-order valence-corrected chi connectivity index (χ3v) is 3.89. The maximum atomic E-state index is 8.82. The first-order valence-electron chi connectivity index (χ1n) is 7.92. The lowest BCUT2D eigenvalue weighted by Crippen LogP contribution is -2.17. The molecule has 0 aromatic heterocycles. The monoisotopic (exact) mass is 330 g/mol. The van der Waals surface area contributed by atoms with Gasteiger partial charge in [0, 0.05) is 19.0 Å². The molecule has 0 saturated heterocycles. The van der Waals surface area contributed by atoms with Gasteiger partial charge in [0.25, 0.3) is 0 Å². The Bertz CT molecular complexity index is 598. The number of hydrogen-bond donors (Lipinski definition) is 2. The summed E-state index contributed by atoms with van der Waals surface area (Å²) in [6, 6.07) is 10.2. The summed E-state index contributed by atoms with van der Waals surface area (Å²) in [5, 5.41) is 24.0. The first-order valence-corrected chi connectivity index (χ1v) is 7.92. The fraction of sp³-hybridized carbons (Fsp3) is 0.444. The van der Waals surface area contributed by atoms with Crippen LogP contribution in [0.15, 0.2) is 50.6 Å². The topological polar surface area (TPSA) is 89.9 Å². The summed E-state index contributed by atoms with van der Waals surface area (Å²) in [4.78, 5) is 9.02. The number of oxime groups is 2. The number of nitrogens with zero attached hydrogens (tertiary/aromatic N) is 4. The average molecular weight is 330 g/mol. The highest BCUT2D eigenvalue weighted by molar-refractivity contribution is 6.40. The molecule has 0 atom stereocenters. The van der Waals surface area contributed by atoms with E-state index in [0.717, 1.165) is 6.42 Å². The first-order chi connectivity index (χ1) is 11.5. The molecule has 0 amide bonds. The van der Waals surface area contributed by atoms with Crippen LogP contribution < -0.4 is 0 Å². The molecule has 0 spiro atoms. The predicted molar refractivity (Wildman–Crippen MR) is 99.4 cm³/mol. The fourth-order valence-electron chi connectivity index (χ4n) is 2.04. The minimum atomic E-state index is 0.204. The molecule has 1 aromatic carbocycles. The van der Waals surface area contributed by atoms with Crippen LogP contribution in [0.4, 0.5) is 0 Å². The molecule has 6 nitrogen and oxygen atoms in total. The second-order valence-corrected chi connectivity index (χ2v) is 5.78. The van der Waals surface area contributed by atoms with Crippen molar-refractivity contribution >= 4 is 22.8 Å². The molecule has 2 N–H and O–H groups in total. The van der Waals surface area contributed by atoms with Gasteiger partial charge in [0.15, 0.2) is 0 Å². The molecule has 0 unspecified atom stereocenters. The van der Waals surface area contributed by atoms with Gasteiger partial charge >= 0.3 is 0 Å². The normalized spacial score (nSPS) is 15.5. The van der Waals surface area contributed by atoms with Gasteiger partial charge in [0.2, 0.25) is 0 Å². The Morgan fingerprint density at radius 3 is 1.67 bits per heavy atom. The van der Waals surface area contributed by atoms with E-state index in [0.29, 0.717) is 35.9 Å². The smallest absolute Gasteiger partial charge is 0.0971 e. The third-order valence-electron chi connectivity index (χ3n) is 3.89. The number of aliphatic imine (C=N–C) groups is 2. The minimum Gasteiger partial charge on any atom is -0.411 e. The molecule has 1 aromatic rings. The van der Waals surface area contributed by atoms with Crippen LogP contribution in [0.25, 0.3) is 0 Å². The summed E-state index contributed by atoms with van der Waals surface area (Å²) >= 11 is 0. The van der Waals surface area contributed by atoms with Crippen molar-refractivity contribution in [2.45, 2.75) is 34.1 Å². The quantitative estimate of drug-likeness (QED) is 0.434. The second kappa shape index (κ2) is 10.3. The Labute approximate surface area is 143 Å². The molecule has 0 fully saturated rings. The molecule has 1 rings (SSSR count). The fourth-order valence-corrected chi connectivity index (χ4v) is 2.04. The lowest BCUT2D eigenvalue weighted by Gasteiger charge is -2.14. The van der Waals surface area contributed by atoms with Gasteiger partial charge in [-0.3, -0.25) is 9.98 Å². The van der Waals surface area contributed by atoms with Crippen LogP contribution >= 0.6 is 0 Å². The molecule has 0 aliphatic rings. The van der Waals surface area contributed by atoms with Gasteiger partial charge in [0.1, 0.15) is 0 Å². The van der Waals surface area contributed by atoms with E-state index >= 15 is 0 Å². The Morgan fingerprint density at radius 1 is 0.792 bits per heavy atom. The van der Waals surface area contributed by atoms with Crippen LogP contribution in [0.2, 0.25) is 0 Å². The van der Waals surface area contributed by atoms with Gasteiger partial charge in [0.05, 0.1) is 22.8 Å². The van der Waals surface area contributed by atoms with Crippen molar-refractivity contribution in [2.24, 2.45) is 26.2 Å². The van der Waals surface area contributed by atoms with Crippen molar-refractivity contribution in [3.63, 3.8) is 0 Å². The highest BCUT2D eigenvalue weighted by Gasteiger charge is 2.10. The molecule has 130 valence electrons. The van der Waals surface area contributed by atoms with Crippen LogP contribution in [-0.4, -0.2) is 46.4 Å². The number of rotatable bonds is 8. The maximum absolute atomic E-state index is 8.82. The largest absolute Gasteiger partial charge is 0.411 e. The highest BCUT2D eigenvalue weighted by atomic mass is 16.4. The molecular formula is C18H26N4O2. The summed E-state index contributed by atoms with van der Waals surface area (Å²) in [6.07, 6.45) is 0.846. The SMILES string of the molecule is CC(=NCC(CN=C(C)/C(C)=N/O)Cc1ccccc1)/C(C)=N/O. The van der Waals surface area contributed by atoms with Gasteiger partial charge in [-0.1, -0.05) is 40.6 Å². The van der Waals surface area contributed by atoms with Gasteiger partial charge in [-0.05, 0) is 39.7 Å². The molecule has 0 heterocycles. The van der Waals surface area contributed by atoms with Gasteiger partial charge in [-0.25, -0.2) is 0 Å². The van der Waals surface area contributed by atoms with E-state index in [-0.39, 0.29) is 5.92 Å². The summed E-state index contributed by atoms with van der Waals surface area (Å²) in [5.74, 6) is 0.204. The van der Waals surface area contributed by atoms with Gasteiger partial charge in [-0.2, -0.15) is 0 Å². The van der Waals surface area contributed by atoms with Crippen LogP contribution in [0.3, 0.4) is 0 Å². The molecule has 24 heavy (non-hydrogen) atoms. The maximum Gasteiger partial charge on any atom is 0.0971 e. The van der Waals surface area contributed by atoms with Crippen LogP contribution in [0, 0.1) is 5.92 Å². The zero-order chi connectivity index (χ0) is 17.9. The van der Waals surface area contributed by atoms with Crippen molar-refractivity contribution in [1.82, 2.24) is 0 Å². The third kappa shape index (κ3) is 6.73. The van der Waals surface area contributed by atoms with Crippen LogP contribution in [-0.2, 0) is 6.42 Å². The van der Waals surface area contributed by atoms with Gasteiger partial charge in [-0.15, -0.1) is 0 Å². The van der Waals surface area contributed by atoms with Crippen molar-refractivity contribution in [3.05, 3.63) is 35.9 Å². The summed E-state index contributed by atoms with van der Waals surface area (Å²) in [7, 11) is 0. The van der Waals surface area contributed by atoms with Crippen molar-refractivity contribution in [1.29, 1.82) is 0 Å². The zero-order valence-electron chi connectivity index (χ0n) is 14.8. The molecule has 0 saturated carbocycles.